The smallest absolute Gasteiger partial charge is 0.304 e. The monoisotopic (exact) mass is 178 g/mol. The molecule has 1 rings (SSSR count). The summed E-state index contributed by atoms with van der Waals surface area (Å²) in [5.41, 5.74) is 0.997. The van der Waals surface area contributed by atoms with Crippen molar-refractivity contribution in [3.8, 4) is 0 Å². The standard InChI is InChI=1S/C9H15BOSi/c1-12(2,3)9-6-4-8(10-11)5-7-9/h4-7,10-11H,1-3H3. The highest BCUT2D eigenvalue weighted by molar-refractivity contribution is 6.88. The fourth-order valence-corrected chi connectivity index (χ4v) is 2.28. The maximum Gasteiger partial charge on any atom is 0.304 e. The maximum absolute atomic E-state index is 8.84. The van der Waals surface area contributed by atoms with Crippen molar-refractivity contribution < 1.29 is 5.02 Å². The lowest BCUT2D eigenvalue weighted by molar-refractivity contribution is 0.615. The van der Waals surface area contributed by atoms with Gasteiger partial charge in [0, 0.05) is 0 Å². The van der Waals surface area contributed by atoms with Crippen molar-refractivity contribution in [3.05, 3.63) is 24.3 Å². The molecule has 0 saturated carbocycles. The molecule has 0 fully saturated rings. The van der Waals surface area contributed by atoms with Crippen LogP contribution < -0.4 is 10.6 Å². The normalized spacial score (nSPS) is 11.3. The van der Waals surface area contributed by atoms with Crippen LogP contribution in [0.2, 0.25) is 19.6 Å². The number of hydrogen-bond donors (Lipinski definition) is 1. The van der Waals surface area contributed by atoms with Crippen LogP contribution in [0.25, 0.3) is 0 Å². The number of rotatable bonds is 2. The van der Waals surface area contributed by atoms with Crippen LogP contribution in [-0.4, -0.2) is 20.6 Å². The highest BCUT2D eigenvalue weighted by Gasteiger charge is 2.15. The van der Waals surface area contributed by atoms with Crippen LogP contribution in [0.3, 0.4) is 0 Å². The quantitative estimate of drug-likeness (QED) is 0.641. The lowest BCUT2D eigenvalue weighted by Gasteiger charge is -2.16. The summed E-state index contributed by atoms with van der Waals surface area (Å²) in [4.78, 5) is 0. The van der Waals surface area contributed by atoms with E-state index in [0.717, 1.165) is 5.46 Å². The molecule has 0 aliphatic rings. The summed E-state index contributed by atoms with van der Waals surface area (Å²) in [6.07, 6.45) is 0. The summed E-state index contributed by atoms with van der Waals surface area (Å²) < 4.78 is 0. The van der Waals surface area contributed by atoms with Crippen molar-refractivity contribution in [1.29, 1.82) is 0 Å². The third kappa shape index (κ3) is 2.22. The van der Waals surface area contributed by atoms with E-state index in [-0.39, 0.29) is 7.48 Å². The Hall–Kier alpha value is -0.538. The molecule has 12 heavy (non-hydrogen) atoms. The van der Waals surface area contributed by atoms with E-state index in [1.807, 2.05) is 12.1 Å². The van der Waals surface area contributed by atoms with Gasteiger partial charge in [-0.2, -0.15) is 0 Å². The topological polar surface area (TPSA) is 20.2 Å². The largest absolute Gasteiger partial charge is 0.449 e. The van der Waals surface area contributed by atoms with Crippen LogP contribution in [0.15, 0.2) is 24.3 Å². The molecule has 1 nitrogen and oxygen atoms in total. The molecule has 3 heteroatoms. The fourth-order valence-electron chi connectivity index (χ4n) is 1.11. The highest BCUT2D eigenvalue weighted by atomic mass is 28.3. The molecule has 1 aromatic rings. The molecule has 0 amide bonds. The number of benzene rings is 1. The Labute approximate surface area is 75.7 Å². The number of hydrogen-bond acceptors (Lipinski definition) is 1. The van der Waals surface area contributed by atoms with Crippen LogP contribution in [0, 0.1) is 0 Å². The zero-order valence-electron chi connectivity index (χ0n) is 7.96. The lowest BCUT2D eigenvalue weighted by Crippen LogP contribution is -2.38. The molecule has 0 atom stereocenters. The van der Waals surface area contributed by atoms with Gasteiger partial charge in [-0.25, -0.2) is 0 Å². The Bertz CT molecular complexity index is 250. The molecule has 0 bridgehead atoms. The van der Waals surface area contributed by atoms with E-state index in [0.29, 0.717) is 0 Å². The SMILES string of the molecule is C[Si](C)(C)c1ccc(BO)cc1. The van der Waals surface area contributed by atoms with Crippen LogP contribution in [0.4, 0.5) is 0 Å². The van der Waals surface area contributed by atoms with Crippen molar-refractivity contribution >= 4 is 26.2 Å². The van der Waals surface area contributed by atoms with Crippen LogP contribution >= 0.6 is 0 Å². The van der Waals surface area contributed by atoms with Crippen LogP contribution in [-0.2, 0) is 0 Å². The predicted octanol–water partition coefficient (Wildman–Crippen LogP) is 0.201. The molecular weight excluding hydrogens is 163 g/mol. The van der Waals surface area contributed by atoms with E-state index in [1.165, 1.54) is 5.19 Å². The van der Waals surface area contributed by atoms with Gasteiger partial charge in [0.2, 0.25) is 0 Å². The summed E-state index contributed by atoms with van der Waals surface area (Å²) in [5.74, 6) is 0. The molecule has 0 aliphatic heterocycles. The van der Waals surface area contributed by atoms with Gasteiger partial charge in [-0.15, -0.1) is 0 Å². The summed E-state index contributed by atoms with van der Waals surface area (Å²) in [7, 11) is -1.01. The van der Waals surface area contributed by atoms with Gasteiger partial charge in [0.05, 0.1) is 8.07 Å². The molecule has 0 unspecified atom stereocenters. The second-order valence-corrected chi connectivity index (χ2v) is 9.18. The van der Waals surface area contributed by atoms with E-state index in [2.05, 4.69) is 31.8 Å². The van der Waals surface area contributed by atoms with Gasteiger partial charge in [0.15, 0.2) is 0 Å². The van der Waals surface area contributed by atoms with E-state index >= 15 is 0 Å². The van der Waals surface area contributed by atoms with Gasteiger partial charge >= 0.3 is 7.48 Å². The molecule has 0 aliphatic carbocycles. The highest BCUT2D eigenvalue weighted by Crippen LogP contribution is 1.99. The van der Waals surface area contributed by atoms with Crippen LogP contribution in [0.1, 0.15) is 0 Å². The predicted molar refractivity (Wildman–Crippen MR) is 58.4 cm³/mol. The Morgan fingerprint density at radius 2 is 1.58 bits per heavy atom. The van der Waals surface area contributed by atoms with Crippen molar-refractivity contribution in [3.63, 3.8) is 0 Å². The zero-order valence-corrected chi connectivity index (χ0v) is 8.96. The van der Waals surface area contributed by atoms with Gasteiger partial charge in [-0.05, 0) is 0 Å². The van der Waals surface area contributed by atoms with Crippen molar-refractivity contribution in [2.45, 2.75) is 19.6 Å². The minimum Gasteiger partial charge on any atom is -0.449 e. The molecule has 0 heterocycles. The lowest BCUT2D eigenvalue weighted by atomic mass is 9.89. The molecule has 0 saturated heterocycles. The van der Waals surface area contributed by atoms with Gasteiger partial charge in [-0.1, -0.05) is 54.6 Å². The minimum absolute atomic E-state index is 0.145. The molecule has 1 aromatic carbocycles. The summed E-state index contributed by atoms with van der Waals surface area (Å²) >= 11 is 0. The fraction of sp³-hybridized carbons (Fsp3) is 0.333. The molecule has 0 spiro atoms. The first-order valence-corrected chi connectivity index (χ1v) is 7.74. The Balaban J connectivity index is 2.93. The molecule has 1 N–H and O–H groups in total. The van der Waals surface area contributed by atoms with E-state index < -0.39 is 8.07 Å². The van der Waals surface area contributed by atoms with E-state index in [9.17, 15) is 0 Å². The van der Waals surface area contributed by atoms with Gasteiger partial charge in [0.25, 0.3) is 0 Å². The first kappa shape index (κ1) is 9.55. The van der Waals surface area contributed by atoms with Crippen molar-refractivity contribution in [2.24, 2.45) is 0 Å². The molecule has 0 radical (unpaired) electrons. The van der Waals surface area contributed by atoms with Gasteiger partial charge < -0.3 is 5.02 Å². The molecule has 64 valence electrons. The maximum atomic E-state index is 8.84. The average Bonchev–Trinajstić information content (AvgIpc) is 2.03. The summed E-state index contributed by atoms with van der Waals surface area (Å²) in [5, 5.41) is 10.3. The Morgan fingerprint density at radius 1 is 1.08 bits per heavy atom. The van der Waals surface area contributed by atoms with Crippen molar-refractivity contribution in [2.75, 3.05) is 0 Å². The third-order valence-corrected chi connectivity index (χ3v) is 4.07. The van der Waals surface area contributed by atoms with Gasteiger partial charge in [0.1, 0.15) is 0 Å². The second kappa shape index (κ2) is 3.46. The zero-order chi connectivity index (χ0) is 9.19. The Morgan fingerprint density at radius 3 is 1.92 bits per heavy atom. The van der Waals surface area contributed by atoms with Crippen LogP contribution in [0.5, 0.6) is 0 Å². The molecule has 0 aromatic heterocycles. The first-order valence-electron chi connectivity index (χ1n) is 4.24. The first-order chi connectivity index (χ1) is 5.54. The van der Waals surface area contributed by atoms with Crippen molar-refractivity contribution in [1.82, 2.24) is 0 Å². The third-order valence-electron chi connectivity index (χ3n) is 2.00. The summed E-state index contributed by atoms with van der Waals surface area (Å²) in [6, 6.07) is 8.29. The van der Waals surface area contributed by atoms with E-state index in [1.54, 1.807) is 0 Å². The Kier molecular flexibility index (Phi) is 2.75. The van der Waals surface area contributed by atoms with E-state index in [4.69, 9.17) is 5.02 Å². The average molecular weight is 178 g/mol. The molecular formula is C9H15BOSi. The summed E-state index contributed by atoms with van der Waals surface area (Å²) in [6.45, 7) is 6.96. The minimum atomic E-state index is -1.15. The second-order valence-electron chi connectivity index (χ2n) is 4.11. The van der Waals surface area contributed by atoms with Gasteiger partial charge in [-0.3, -0.25) is 0 Å².